The predicted octanol–water partition coefficient (Wildman–Crippen LogP) is 5.65. The first-order valence-corrected chi connectivity index (χ1v) is 15.4. The molecule has 1 aliphatic heterocycles. The normalized spacial score (nSPS) is 25.9. The van der Waals surface area contributed by atoms with Crippen LogP contribution in [0.25, 0.3) is 11.4 Å². The zero-order valence-corrected chi connectivity index (χ0v) is 26.6. The van der Waals surface area contributed by atoms with Gasteiger partial charge >= 0.3 is 13.1 Å². The number of H-pyrrole nitrogens is 1. The number of esters is 1. The number of imidazole rings is 1. The summed E-state index contributed by atoms with van der Waals surface area (Å²) in [4.78, 5) is 34.2. The lowest BCUT2D eigenvalue weighted by Crippen LogP contribution is -2.65. The molecule has 9 nitrogen and oxygen atoms in total. The van der Waals surface area contributed by atoms with Gasteiger partial charge in [-0.2, -0.15) is 0 Å². The number of aromatic nitrogens is 2. The molecule has 0 spiro atoms. The molecule has 1 amide bonds. The summed E-state index contributed by atoms with van der Waals surface area (Å²) in [6.07, 6.45) is 5.78. The molecule has 1 aromatic heterocycles. The molecular formula is C34H42BN3O6. The van der Waals surface area contributed by atoms with Gasteiger partial charge < -0.3 is 29.1 Å². The van der Waals surface area contributed by atoms with Crippen molar-refractivity contribution in [1.82, 2.24) is 15.3 Å². The van der Waals surface area contributed by atoms with Crippen LogP contribution in [-0.4, -0.2) is 59.3 Å². The molecule has 2 bridgehead atoms. The van der Waals surface area contributed by atoms with Crippen LogP contribution in [0.4, 0.5) is 0 Å². The molecule has 232 valence electrons. The SMILES string of the molecule is COc1c(CC(NC(=O)c2ccc(-c3ncc[nH]3)cc2)B2OC3CC4CC(C4(C)C)C3(C)O2)cccc1C(=O)OC(C)(C)C. The first kappa shape index (κ1) is 30.4. The maximum absolute atomic E-state index is 13.7. The number of ether oxygens (including phenoxy) is 2. The van der Waals surface area contributed by atoms with E-state index in [1.54, 1.807) is 36.7 Å². The highest BCUT2D eigenvalue weighted by molar-refractivity contribution is 6.48. The fourth-order valence-electron chi connectivity index (χ4n) is 7.46. The second-order valence-corrected chi connectivity index (χ2v) is 14.1. The average molecular weight is 600 g/mol. The molecular weight excluding hydrogens is 557 g/mol. The molecule has 10 heteroatoms. The predicted molar refractivity (Wildman–Crippen MR) is 167 cm³/mol. The van der Waals surface area contributed by atoms with Gasteiger partial charge in [-0.1, -0.05) is 38.1 Å². The Labute approximate surface area is 259 Å². The fraction of sp³-hybridized carbons (Fsp3) is 0.500. The Bertz CT molecular complexity index is 1530. The fourth-order valence-corrected chi connectivity index (χ4v) is 7.46. The molecule has 3 aliphatic carbocycles. The van der Waals surface area contributed by atoms with E-state index in [1.165, 1.54) is 7.11 Å². The summed E-state index contributed by atoms with van der Waals surface area (Å²) >= 11 is 0. The van der Waals surface area contributed by atoms with Crippen molar-refractivity contribution in [3.8, 4) is 17.1 Å². The smallest absolute Gasteiger partial charge is 0.482 e. The minimum atomic E-state index is -0.679. The number of carbonyl (C=O) groups excluding carboxylic acids is 2. The van der Waals surface area contributed by atoms with Crippen molar-refractivity contribution in [2.24, 2.45) is 17.3 Å². The van der Waals surface area contributed by atoms with Crippen molar-refractivity contribution < 1.29 is 28.4 Å². The molecule has 7 rings (SSSR count). The Balaban J connectivity index is 1.29. The molecule has 44 heavy (non-hydrogen) atoms. The third-order valence-electron chi connectivity index (χ3n) is 9.89. The number of nitrogens with zero attached hydrogens (tertiary/aromatic N) is 1. The molecule has 3 saturated carbocycles. The van der Waals surface area contributed by atoms with Crippen LogP contribution in [0, 0.1) is 17.3 Å². The number of para-hydroxylation sites is 1. The number of amides is 1. The maximum Gasteiger partial charge on any atom is 0.482 e. The quantitative estimate of drug-likeness (QED) is 0.254. The lowest BCUT2D eigenvalue weighted by molar-refractivity contribution is -0.199. The topological polar surface area (TPSA) is 112 Å². The first-order chi connectivity index (χ1) is 20.8. The summed E-state index contributed by atoms with van der Waals surface area (Å²) in [5, 5.41) is 3.21. The highest BCUT2D eigenvalue weighted by Crippen LogP contribution is 2.65. The first-order valence-electron chi connectivity index (χ1n) is 15.4. The van der Waals surface area contributed by atoms with Gasteiger partial charge in [0.05, 0.1) is 24.8 Å². The molecule has 2 heterocycles. The van der Waals surface area contributed by atoms with Crippen LogP contribution in [-0.2, 0) is 20.5 Å². The zero-order valence-electron chi connectivity index (χ0n) is 26.6. The van der Waals surface area contributed by atoms with E-state index in [-0.39, 0.29) is 17.4 Å². The van der Waals surface area contributed by atoms with Crippen LogP contribution in [0.1, 0.15) is 80.7 Å². The van der Waals surface area contributed by atoms with E-state index in [4.69, 9.17) is 18.8 Å². The van der Waals surface area contributed by atoms with Gasteiger partial charge in [-0.25, -0.2) is 9.78 Å². The van der Waals surface area contributed by atoms with E-state index in [9.17, 15) is 9.59 Å². The molecule has 1 saturated heterocycles. The van der Waals surface area contributed by atoms with E-state index < -0.39 is 30.2 Å². The van der Waals surface area contributed by atoms with E-state index in [0.717, 1.165) is 29.8 Å². The van der Waals surface area contributed by atoms with E-state index in [0.29, 0.717) is 35.1 Å². The maximum atomic E-state index is 13.7. The van der Waals surface area contributed by atoms with Gasteiger partial charge in [-0.3, -0.25) is 4.79 Å². The molecule has 5 atom stereocenters. The molecule has 4 aliphatic rings. The van der Waals surface area contributed by atoms with Gasteiger partial charge in [0.2, 0.25) is 0 Å². The monoisotopic (exact) mass is 599 g/mol. The van der Waals surface area contributed by atoms with Crippen molar-refractivity contribution >= 4 is 19.0 Å². The molecule has 0 radical (unpaired) electrons. The lowest BCUT2D eigenvalue weighted by Gasteiger charge is -2.64. The van der Waals surface area contributed by atoms with Crippen LogP contribution in [0.2, 0.25) is 0 Å². The zero-order chi connectivity index (χ0) is 31.4. The number of aromatic amines is 1. The van der Waals surface area contributed by atoms with Crippen molar-refractivity contribution in [2.75, 3.05) is 7.11 Å². The van der Waals surface area contributed by atoms with Crippen molar-refractivity contribution in [1.29, 1.82) is 0 Å². The standard InChI is InChI=1S/C34H42BN3O6/c1-32(2,3)42-31(40)24-10-8-9-22(28(24)41-7)17-27(35-43-26-19-23-18-25(33(23,4)5)34(26,6)44-35)38-30(39)21-13-11-20(12-14-21)29-36-15-16-37-29/h8-16,23,25-27H,17-19H2,1-7H3,(H,36,37)(H,38,39). The van der Waals surface area contributed by atoms with Crippen molar-refractivity contribution in [3.05, 3.63) is 71.5 Å². The number of hydrogen-bond acceptors (Lipinski definition) is 7. The van der Waals surface area contributed by atoms with Gasteiger partial charge in [-0.15, -0.1) is 0 Å². The number of benzene rings is 2. The van der Waals surface area contributed by atoms with Crippen molar-refractivity contribution in [2.45, 2.75) is 84.1 Å². The van der Waals surface area contributed by atoms with Crippen LogP contribution in [0.3, 0.4) is 0 Å². The van der Waals surface area contributed by atoms with Gasteiger partial charge in [-0.05, 0) is 88.0 Å². The second-order valence-electron chi connectivity index (χ2n) is 14.1. The molecule has 2 N–H and O–H groups in total. The van der Waals surface area contributed by atoms with Gasteiger partial charge in [0, 0.05) is 23.5 Å². The summed E-state index contributed by atoms with van der Waals surface area (Å²) in [7, 11) is 0.857. The third-order valence-corrected chi connectivity index (χ3v) is 9.89. The Morgan fingerprint density at radius 3 is 2.52 bits per heavy atom. The van der Waals surface area contributed by atoms with Gasteiger partial charge in [0.25, 0.3) is 5.91 Å². The van der Waals surface area contributed by atoms with Gasteiger partial charge in [0.1, 0.15) is 22.7 Å². The van der Waals surface area contributed by atoms with Crippen LogP contribution < -0.4 is 10.1 Å². The number of carbonyl (C=O) groups is 2. The number of rotatable bonds is 8. The Morgan fingerprint density at radius 2 is 1.89 bits per heavy atom. The van der Waals surface area contributed by atoms with Crippen LogP contribution in [0.15, 0.2) is 54.9 Å². The highest BCUT2D eigenvalue weighted by atomic mass is 16.7. The summed E-state index contributed by atoms with van der Waals surface area (Å²) in [5.41, 5.74) is 1.54. The Hall–Kier alpha value is -3.63. The minimum absolute atomic E-state index is 0.0498. The molecule has 2 aromatic carbocycles. The van der Waals surface area contributed by atoms with Crippen LogP contribution >= 0.6 is 0 Å². The van der Waals surface area contributed by atoms with Crippen LogP contribution in [0.5, 0.6) is 5.75 Å². The molecule has 5 unspecified atom stereocenters. The molecule has 4 fully saturated rings. The summed E-state index contributed by atoms with van der Waals surface area (Å²) in [6, 6.07) is 12.7. The number of methoxy groups -OCH3 is 1. The summed E-state index contributed by atoms with van der Waals surface area (Å²) < 4.78 is 24.9. The Kier molecular flexibility index (Phi) is 7.65. The van der Waals surface area contributed by atoms with E-state index >= 15 is 0 Å². The second kappa shape index (κ2) is 11.1. The van der Waals surface area contributed by atoms with Gasteiger partial charge in [0.15, 0.2) is 0 Å². The summed E-state index contributed by atoms with van der Waals surface area (Å²) in [5.74, 6) is 0.837. The number of hydrogen-bond donors (Lipinski definition) is 2. The third kappa shape index (κ3) is 5.43. The summed E-state index contributed by atoms with van der Waals surface area (Å²) in [6.45, 7) is 12.3. The highest BCUT2D eigenvalue weighted by Gasteiger charge is 2.68. The Morgan fingerprint density at radius 1 is 1.14 bits per heavy atom. The largest absolute Gasteiger partial charge is 0.496 e. The average Bonchev–Trinajstić information content (AvgIpc) is 3.63. The van der Waals surface area contributed by atoms with Crippen molar-refractivity contribution in [3.63, 3.8) is 0 Å². The van der Waals surface area contributed by atoms with E-state index in [1.807, 2.05) is 39.0 Å². The minimum Gasteiger partial charge on any atom is -0.496 e. The molecule has 3 aromatic rings. The lowest BCUT2D eigenvalue weighted by atomic mass is 9.43. The van der Waals surface area contributed by atoms with E-state index in [2.05, 4.69) is 36.1 Å². The number of nitrogens with one attached hydrogen (secondary N) is 2.